The maximum Gasteiger partial charge on any atom is 0.271 e. The van der Waals surface area contributed by atoms with Crippen LogP contribution in [0.5, 0.6) is 17.2 Å². The van der Waals surface area contributed by atoms with Gasteiger partial charge < -0.3 is 14.2 Å². The van der Waals surface area contributed by atoms with Crippen LogP contribution < -0.4 is 19.6 Å². The highest BCUT2D eigenvalue weighted by Crippen LogP contribution is 2.38. The number of hydrazone groups is 1. The molecule has 1 aromatic rings. The maximum atomic E-state index is 12.4. The molecule has 0 radical (unpaired) electrons. The van der Waals surface area contributed by atoms with Crippen LogP contribution in [0.4, 0.5) is 0 Å². The summed E-state index contributed by atoms with van der Waals surface area (Å²) in [5, 5.41) is 4.30. The molecular formula is C17H24N2O4. The molecule has 0 aromatic heterocycles. The molecule has 6 heteroatoms. The molecule has 0 heterocycles. The molecule has 1 fully saturated rings. The molecule has 23 heavy (non-hydrogen) atoms. The number of hydrogen-bond donors (Lipinski definition) is 1. The van der Waals surface area contributed by atoms with Gasteiger partial charge in [-0.2, -0.15) is 5.10 Å². The molecule has 0 unspecified atom stereocenters. The van der Waals surface area contributed by atoms with Crippen LogP contribution in [0.2, 0.25) is 0 Å². The van der Waals surface area contributed by atoms with Crippen molar-refractivity contribution in [2.45, 2.75) is 32.6 Å². The van der Waals surface area contributed by atoms with Crippen molar-refractivity contribution in [2.75, 3.05) is 21.3 Å². The molecule has 1 aliphatic rings. The molecule has 1 aliphatic carbocycles. The summed E-state index contributed by atoms with van der Waals surface area (Å²) in [5.41, 5.74) is 4.10. The average molecular weight is 320 g/mol. The molecule has 0 saturated heterocycles. The van der Waals surface area contributed by atoms with Gasteiger partial charge in [-0.25, -0.2) is 5.43 Å². The predicted molar refractivity (Wildman–Crippen MR) is 88.6 cm³/mol. The number of carbonyl (C=O) groups excluding carboxylic acids is 1. The zero-order valence-electron chi connectivity index (χ0n) is 14.1. The van der Waals surface area contributed by atoms with Crippen molar-refractivity contribution in [1.82, 2.24) is 5.43 Å². The summed E-state index contributed by atoms with van der Waals surface area (Å²) < 4.78 is 15.8. The number of rotatable bonds is 5. The molecule has 1 saturated carbocycles. The van der Waals surface area contributed by atoms with Crippen LogP contribution in [0.15, 0.2) is 17.2 Å². The Hall–Kier alpha value is -2.24. The zero-order valence-corrected chi connectivity index (χ0v) is 14.1. The van der Waals surface area contributed by atoms with Gasteiger partial charge in [-0.1, -0.05) is 13.3 Å². The summed E-state index contributed by atoms with van der Waals surface area (Å²) in [4.78, 5) is 12.4. The summed E-state index contributed by atoms with van der Waals surface area (Å²) in [7, 11) is 4.56. The Balaban J connectivity index is 2.20. The number of methoxy groups -OCH3 is 3. The highest BCUT2D eigenvalue weighted by molar-refractivity contribution is 5.97. The van der Waals surface area contributed by atoms with E-state index >= 15 is 0 Å². The quantitative estimate of drug-likeness (QED) is 0.847. The van der Waals surface area contributed by atoms with Gasteiger partial charge in [-0.3, -0.25) is 4.79 Å². The fraction of sp³-hybridized carbons (Fsp3) is 0.529. The van der Waals surface area contributed by atoms with Gasteiger partial charge in [0.2, 0.25) is 5.75 Å². The van der Waals surface area contributed by atoms with Crippen molar-refractivity contribution >= 4 is 11.6 Å². The van der Waals surface area contributed by atoms with Crippen molar-refractivity contribution in [2.24, 2.45) is 11.0 Å². The van der Waals surface area contributed by atoms with Gasteiger partial charge in [0.1, 0.15) is 0 Å². The number of carbonyl (C=O) groups is 1. The largest absolute Gasteiger partial charge is 0.493 e. The minimum atomic E-state index is -0.297. The Morgan fingerprint density at radius 3 is 2.30 bits per heavy atom. The van der Waals surface area contributed by atoms with Gasteiger partial charge in [0.25, 0.3) is 5.91 Å². The standard InChI is InChI=1S/C17H24N2O4/c1-11-7-5-6-8-13(11)18-19-17(20)12-9-14(21-2)16(23-4)15(10-12)22-3/h9-11H,5-8H2,1-4H3,(H,19,20)/b18-13-/t11-/m0/s1. The average Bonchev–Trinajstić information content (AvgIpc) is 2.59. The fourth-order valence-electron chi connectivity index (χ4n) is 2.74. The summed E-state index contributed by atoms with van der Waals surface area (Å²) in [6, 6.07) is 3.22. The van der Waals surface area contributed by atoms with E-state index in [2.05, 4.69) is 17.5 Å². The summed E-state index contributed by atoms with van der Waals surface area (Å²) in [5.74, 6) is 1.46. The smallest absolute Gasteiger partial charge is 0.271 e. The number of ether oxygens (including phenoxy) is 3. The number of benzene rings is 1. The highest BCUT2D eigenvalue weighted by Gasteiger charge is 2.19. The Morgan fingerprint density at radius 2 is 1.78 bits per heavy atom. The maximum absolute atomic E-state index is 12.4. The monoisotopic (exact) mass is 320 g/mol. The number of nitrogens with one attached hydrogen (secondary N) is 1. The van der Waals surface area contributed by atoms with E-state index in [0.717, 1.165) is 25.0 Å². The third-order valence-electron chi connectivity index (χ3n) is 4.12. The van der Waals surface area contributed by atoms with E-state index < -0.39 is 0 Å². The number of hydrogen-bond acceptors (Lipinski definition) is 5. The minimum absolute atomic E-state index is 0.297. The SMILES string of the molecule is COc1cc(C(=O)N/N=C2/CCCC[C@@H]2C)cc(OC)c1OC. The van der Waals surface area contributed by atoms with Crippen molar-refractivity contribution in [3.05, 3.63) is 17.7 Å². The Bertz CT molecular complexity index is 573. The molecule has 0 spiro atoms. The number of amides is 1. The molecule has 1 atom stereocenters. The van der Waals surface area contributed by atoms with Crippen LogP contribution in [0.1, 0.15) is 43.0 Å². The molecule has 0 aliphatic heterocycles. The molecular weight excluding hydrogens is 296 g/mol. The Morgan fingerprint density at radius 1 is 1.13 bits per heavy atom. The molecule has 0 bridgehead atoms. The van der Waals surface area contributed by atoms with E-state index in [4.69, 9.17) is 14.2 Å². The van der Waals surface area contributed by atoms with Crippen LogP contribution in [0.25, 0.3) is 0 Å². The van der Waals surface area contributed by atoms with E-state index in [1.807, 2.05) is 0 Å². The Labute approximate surface area is 136 Å². The number of nitrogens with zero attached hydrogens (tertiary/aromatic N) is 1. The van der Waals surface area contributed by atoms with Crippen LogP contribution in [-0.4, -0.2) is 32.9 Å². The Kier molecular flexibility index (Phi) is 5.84. The van der Waals surface area contributed by atoms with Gasteiger partial charge >= 0.3 is 0 Å². The minimum Gasteiger partial charge on any atom is -0.493 e. The van der Waals surface area contributed by atoms with E-state index in [1.54, 1.807) is 12.1 Å². The first kappa shape index (κ1) is 17.1. The van der Waals surface area contributed by atoms with Crippen LogP contribution in [0, 0.1) is 5.92 Å². The normalized spacial score (nSPS) is 19.3. The second-order valence-electron chi connectivity index (χ2n) is 5.60. The predicted octanol–water partition coefficient (Wildman–Crippen LogP) is 3.01. The van der Waals surface area contributed by atoms with Crippen LogP contribution >= 0.6 is 0 Å². The van der Waals surface area contributed by atoms with Crippen molar-refractivity contribution < 1.29 is 19.0 Å². The van der Waals surface area contributed by atoms with Crippen LogP contribution in [0.3, 0.4) is 0 Å². The molecule has 1 aromatic carbocycles. The lowest BCUT2D eigenvalue weighted by Crippen LogP contribution is -2.24. The van der Waals surface area contributed by atoms with E-state index in [9.17, 15) is 4.79 Å². The molecule has 1 N–H and O–H groups in total. The van der Waals surface area contributed by atoms with E-state index in [-0.39, 0.29) is 5.91 Å². The van der Waals surface area contributed by atoms with Gasteiger partial charge in [0, 0.05) is 11.3 Å². The molecule has 126 valence electrons. The van der Waals surface area contributed by atoms with Gasteiger partial charge in [0.05, 0.1) is 21.3 Å². The summed E-state index contributed by atoms with van der Waals surface area (Å²) in [6.45, 7) is 2.14. The van der Waals surface area contributed by atoms with Gasteiger partial charge in [-0.05, 0) is 37.3 Å². The van der Waals surface area contributed by atoms with Gasteiger partial charge in [0.15, 0.2) is 11.5 Å². The first-order chi connectivity index (χ1) is 11.1. The molecule has 1 amide bonds. The topological polar surface area (TPSA) is 69.2 Å². The third kappa shape index (κ3) is 3.94. The lowest BCUT2D eigenvalue weighted by atomic mass is 9.89. The second-order valence-corrected chi connectivity index (χ2v) is 5.60. The lowest BCUT2D eigenvalue weighted by molar-refractivity contribution is 0.0953. The highest BCUT2D eigenvalue weighted by atomic mass is 16.5. The molecule has 2 rings (SSSR count). The first-order valence-corrected chi connectivity index (χ1v) is 7.77. The van der Waals surface area contributed by atoms with Crippen molar-refractivity contribution in [3.63, 3.8) is 0 Å². The van der Waals surface area contributed by atoms with E-state index in [1.165, 1.54) is 27.8 Å². The van der Waals surface area contributed by atoms with Crippen LogP contribution in [-0.2, 0) is 0 Å². The van der Waals surface area contributed by atoms with E-state index in [0.29, 0.717) is 28.7 Å². The second kappa shape index (κ2) is 7.85. The van der Waals surface area contributed by atoms with Crippen molar-refractivity contribution in [1.29, 1.82) is 0 Å². The fourth-order valence-corrected chi connectivity index (χ4v) is 2.74. The first-order valence-electron chi connectivity index (χ1n) is 7.77. The zero-order chi connectivity index (χ0) is 16.8. The third-order valence-corrected chi connectivity index (χ3v) is 4.12. The van der Waals surface area contributed by atoms with Crippen molar-refractivity contribution in [3.8, 4) is 17.2 Å². The molecule has 6 nitrogen and oxygen atoms in total. The van der Waals surface area contributed by atoms with Gasteiger partial charge in [-0.15, -0.1) is 0 Å². The summed E-state index contributed by atoms with van der Waals surface area (Å²) in [6.07, 6.45) is 4.42. The lowest BCUT2D eigenvalue weighted by Gasteiger charge is -2.20. The summed E-state index contributed by atoms with van der Waals surface area (Å²) >= 11 is 0.